The molecule has 0 aliphatic carbocycles. The molecule has 1 aromatic carbocycles. The monoisotopic (exact) mass is 399 g/mol. The second kappa shape index (κ2) is 7.67. The fourth-order valence-corrected chi connectivity index (χ4v) is 4.08. The van der Waals surface area contributed by atoms with E-state index in [4.69, 9.17) is 9.47 Å². The molecule has 8 nitrogen and oxygen atoms in total. The highest BCUT2D eigenvalue weighted by molar-refractivity contribution is 7.99. The van der Waals surface area contributed by atoms with Gasteiger partial charge in [0, 0.05) is 30.0 Å². The van der Waals surface area contributed by atoms with E-state index in [9.17, 15) is 4.79 Å². The summed E-state index contributed by atoms with van der Waals surface area (Å²) in [4.78, 5) is 12.8. The first-order valence-corrected chi connectivity index (χ1v) is 10.0. The Labute approximate surface area is 166 Å². The largest absolute Gasteiger partial charge is 0.454 e. The maximum atomic E-state index is 12.8. The third-order valence-electron chi connectivity index (χ3n) is 4.78. The van der Waals surface area contributed by atoms with Crippen molar-refractivity contribution in [1.82, 2.24) is 24.8 Å². The first kappa shape index (κ1) is 18.5. The molecule has 0 spiro atoms. The molecule has 146 valence electrons. The Bertz CT molecular complexity index is 1030. The first-order chi connectivity index (χ1) is 13.6. The van der Waals surface area contributed by atoms with Gasteiger partial charge in [0.2, 0.25) is 11.9 Å². The van der Waals surface area contributed by atoms with E-state index in [-0.39, 0.29) is 12.6 Å². The molecule has 3 heterocycles. The van der Waals surface area contributed by atoms with Gasteiger partial charge in [0.05, 0.1) is 5.75 Å². The number of Topliss-reactive ketones (excluding diaryl/α,β-unsaturated/α-hetero) is 1. The number of fused-ring (bicyclic) bond motifs is 1. The molecular weight excluding hydrogens is 378 g/mol. The summed E-state index contributed by atoms with van der Waals surface area (Å²) in [7, 11) is 0. The van der Waals surface area contributed by atoms with Crippen molar-refractivity contribution in [2.45, 2.75) is 39.0 Å². The van der Waals surface area contributed by atoms with Crippen molar-refractivity contribution >= 4 is 17.5 Å². The van der Waals surface area contributed by atoms with Crippen molar-refractivity contribution in [2.75, 3.05) is 12.5 Å². The van der Waals surface area contributed by atoms with Gasteiger partial charge in [-0.15, -0.1) is 5.10 Å². The highest BCUT2D eigenvalue weighted by Crippen LogP contribution is 2.33. The molecule has 1 aliphatic rings. The van der Waals surface area contributed by atoms with Gasteiger partial charge < -0.3 is 14.0 Å². The minimum Gasteiger partial charge on any atom is -0.454 e. The standard InChI is InChI=1S/C19H21N5O3S/c1-4-24-19(20-21-22-24)28-10-16(25)15-7-12(2)23(13(15)3)9-14-5-6-17-18(8-14)27-11-26-17/h5-8H,4,9-11H2,1-3H3. The molecule has 0 fully saturated rings. The van der Waals surface area contributed by atoms with Crippen molar-refractivity contribution in [3.63, 3.8) is 0 Å². The van der Waals surface area contributed by atoms with Crippen molar-refractivity contribution in [1.29, 1.82) is 0 Å². The molecule has 28 heavy (non-hydrogen) atoms. The van der Waals surface area contributed by atoms with Crippen LogP contribution in [0.4, 0.5) is 0 Å². The topological polar surface area (TPSA) is 84.1 Å². The van der Waals surface area contributed by atoms with Crippen LogP contribution >= 0.6 is 11.8 Å². The number of thioether (sulfide) groups is 1. The van der Waals surface area contributed by atoms with E-state index in [0.29, 0.717) is 24.0 Å². The van der Waals surface area contributed by atoms with Gasteiger partial charge in [0.1, 0.15) is 0 Å². The number of hydrogen-bond donors (Lipinski definition) is 0. The lowest BCUT2D eigenvalue weighted by Gasteiger charge is -2.10. The van der Waals surface area contributed by atoms with Crippen LogP contribution in [0.1, 0.15) is 34.2 Å². The molecule has 1 aliphatic heterocycles. The Morgan fingerprint density at radius 3 is 2.86 bits per heavy atom. The third-order valence-corrected chi connectivity index (χ3v) is 5.74. The number of carbonyl (C=O) groups is 1. The summed E-state index contributed by atoms with van der Waals surface area (Å²) in [6, 6.07) is 7.89. The van der Waals surface area contributed by atoms with Crippen LogP contribution in [-0.4, -0.2) is 43.1 Å². The number of ketones is 1. The second-order valence-corrected chi connectivity index (χ2v) is 7.49. The Kier molecular flexibility index (Phi) is 5.08. The van der Waals surface area contributed by atoms with Crippen LogP contribution in [-0.2, 0) is 13.1 Å². The van der Waals surface area contributed by atoms with E-state index < -0.39 is 0 Å². The fraction of sp³-hybridized carbons (Fsp3) is 0.368. The summed E-state index contributed by atoms with van der Waals surface area (Å²) in [6.45, 7) is 7.57. The quantitative estimate of drug-likeness (QED) is 0.446. The zero-order valence-electron chi connectivity index (χ0n) is 16.0. The predicted octanol–water partition coefficient (Wildman–Crippen LogP) is 2.86. The minimum atomic E-state index is 0.0701. The van der Waals surface area contributed by atoms with Gasteiger partial charge in [-0.3, -0.25) is 4.79 Å². The molecule has 0 saturated heterocycles. The molecule has 2 aromatic heterocycles. The average Bonchev–Trinajstić information content (AvgIpc) is 3.41. The van der Waals surface area contributed by atoms with Gasteiger partial charge in [-0.1, -0.05) is 17.8 Å². The summed E-state index contributed by atoms with van der Waals surface area (Å²) in [5.74, 6) is 1.91. The molecule has 0 saturated carbocycles. The zero-order valence-corrected chi connectivity index (χ0v) is 16.8. The smallest absolute Gasteiger partial charge is 0.231 e. The highest BCUT2D eigenvalue weighted by Gasteiger charge is 2.19. The molecule has 0 amide bonds. The number of nitrogens with zero attached hydrogens (tertiary/aromatic N) is 5. The number of aromatic nitrogens is 5. The van der Waals surface area contributed by atoms with Gasteiger partial charge in [-0.25, -0.2) is 4.68 Å². The zero-order chi connectivity index (χ0) is 19.7. The van der Waals surface area contributed by atoms with E-state index in [1.807, 2.05) is 45.0 Å². The number of tetrazole rings is 1. The van der Waals surface area contributed by atoms with Gasteiger partial charge in [-0.2, -0.15) is 0 Å². The molecule has 0 atom stereocenters. The molecule has 4 rings (SSSR count). The molecule has 0 radical (unpaired) electrons. The van der Waals surface area contributed by atoms with E-state index >= 15 is 0 Å². The summed E-state index contributed by atoms with van der Waals surface area (Å²) in [6.07, 6.45) is 0. The summed E-state index contributed by atoms with van der Waals surface area (Å²) >= 11 is 1.36. The van der Waals surface area contributed by atoms with Crippen LogP contribution in [0.3, 0.4) is 0 Å². The van der Waals surface area contributed by atoms with Crippen molar-refractivity contribution in [3.8, 4) is 11.5 Å². The summed E-state index contributed by atoms with van der Waals surface area (Å²) < 4.78 is 14.7. The van der Waals surface area contributed by atoms with Gasteiger partial charge in [0.25, 0.3) is 0 Å². The number of ether oxygens (including phenoxy) is 2. The van der Waals surface area contributed by atoms with Crippen LogP contribution in [0.15, 0.2) is 29.4 Å². The molecule has 0 N–H and O–H groups in total. The third kappa shape index (κ3) is 3.49. The van der Waals surface area contributed by atoms with E-state index in [2.05, 4.69) is 20.1 Å². The lowest BCUT2D eigenvalue weighted by Crippen LogP contribution is -2.08. The Hall–Kier alpha value is -2.81. The van der Waals surface area contributed by atoms with E-state index in [1.54, 1.807) is 4.68 Å². The van der Waals surface area contributed by atoms with Gasteiger partial charge in [-0.05, 0) is 55.0 Å². The van der Waals surface area contributed by atoms with Crippen molar-refractivity contribution < 1.29 is 14.3 Å². The molecule has 0 bridgehead atoms. The first-order valence-electron chi connectivity index (χ1n) is 9.04. The Balaban J connectivity index is 1.49. The molecular formula is C19H21N5O3S. The fourth-order valence-electron chi connectivity index (χ4n) is 3.25. The van der Waals surface area contributed by atoms with Crippen LogP contribution in [0.25, 0.3) is 0 Å². The predicted molar refractivity (Wildman–Crippen MR) is 104 cm³/mol. The van der Waals surface area contributed by atoms with E-state index in [0.717, 1.165) is 34.0 Å². The van der Waals surface area contributed by atoms with Crippen LogP contribution in [0.2, 0.25) is 0 Å². The number of hydrogen-bond acceptors (Lipinski definition) is 7. The van der Waals surface area contributed by atoms with Crippen LogP contribution < -0.4 is 9.47 Å². The Morgan fingerprint density at radius 1 is 1.21 bits per heavy atom. The lowest BCUT2D eigenvalue weighted by atomic mass is 10.1. The number of aryl methyl sites for hydroxylation is 2. The molecule has 0 unspecified atom stereocenters. The lowest BCUT2D eigenvalue weighted by molar-refractivity contribution is 0.102. The highest BCUT2D eigenvalue weighted by atomic mass is 32.2. The summed E-state index contributed by atoms with van der Waals surface area (Å²) in [5.41, 5.74) is 3.83. The molecule has 3 aromatic rings. The van der Waals surface area contributed by atoms with Gasteiger partial charge in [0.15, 0.2) is 17.3 Å². The van der Waals surface area contributed by atoms with Crippen molar-refractivity contribution in [2.24, 2.45) is 0 Å². The second-order valence-electron chi connectivity index (χ2n) is 6.55. The van der Waals surface area contributed by atoms with Crippen LogP contribution in [0, 0.1) is 13.8 Å². The molecule has 9 heteroatoms. The summed E-state index contributed by atoms with van der Waals surface area (Å²) in [5, 5.41) is 12.2. The normalized spacial score (nSPS) is 12.5. The average molecular weight is 399 g/mol. The van der Waals surface area contributed by atoms with E-state index in [1.165, 1.54) is 11.8 Å². The Morgan fingerprint density at radius 2 is 2.04 bits per heavy atom. The van der Waals surface area contributed by atoms with Crippen molar-refractivity contribution in [3.05, 3.63) is 46.8 Å². The number of carbonyl (C=O) groups excluding carboxylic acids is 1. The maximum absolute atomic E-state index is 12.8. The SMILES string of the molecule is CCn1nnnc1SCC(=O)c1cc(C)n(Cc2ccc3c(c2)OCO3)c1C. The minimum absolute atomic E-state index is 0.0701. The number of benzene rings is 1. The van der Waals surface area contributed by atoms with Crippen LogP contribution in [0.5, 0.6) is 11.5 Å². The number of rotatable bonds is 7. The van der Waals surface area contributed by atoms with Gasteiger partial charge >= 0.3 is 0 Å². The maximum Gasteiger partial charge on any atom is 0.231 e.